The van der Waals surface area contributed by atoms with Crippen molar-refractivity contribution >= 4 is 11.7 Å². The quantitative estimate of drug-likeness (QED) is 0.906. The molecular formula is C18H24FNO2. The Morgan fingerprint density at radius 3 is 2.36 bits per heavy atom. The number of hydrogen-bond acceptors (Lipinski definition) is 2. The molecular weight excluding hydrogens is 281 g/mol. The standard InChI is InChI=1S/C18H24FNO2/c1-5-15(21)16(18(2,3)4)20-17(22)14-10-13(14)11-6-8-12(19)9-7-11/h6-9,13-14,16H,5,10H2,1-4H3,(H,20,22)/t13-,14?,16?/m0/s1. The molecule has 1 fully saturated rings. The number of carbonyl (C=O) groups excluding carboxylic acids is 2. The molecule has 1 aliphatic carbocycles. The number of Topliss-reactive ketones (excluding diaryl/α,β-unsaturated/α-hetero) is 1. The van der Waals surface area contributed by atoms with Crippen LogP contribution in [0.3, 0.4) is 0 Å². The topological polar surface area (TPSA) is 46.2 Å². The van der Waals surface area contributed by atoms with E-state index >= 15 is 0 Å². The van der Waals surface area contributed by atoms with Crippen molar-refractivity contribution in [3.63, 3.8) is 0 Å². The van der Waals surface area contributed by atoms with Gasteiger partial charge >= 0.3 is 0 Å². The lowest BCUT2D eigenvalue weighted by Gasteiger charge is -2.30. The van der Waals surface area contributed by atoms with Crippen LogP contribution in [-0.4, -0.2) is 17.7 Å². The molecule has 2 rings (SSSR count). The highest BCUT2D eigenvalue weighted by atomic mass is 19.1. The summed E-state index contributed by atoms with van der Waals surface area (Å²) in [5, 5.41) is 2.92. The maximum Gasteiger partial charge on any atom is 0.224 e. The molecule has 0 radical (unpaired) electrons. The van der Waals surface area contributed by atoms with Crippen LogP contribution in [0.25, 0.3) is 0 Å². The molecule has 120 valence electrons. The van der Waals surface area contributed by atoms with Crippen molar-refractivity contribution in [2.24, 2.45) is 11.3 Å². The van der Waals surface area contributed by atoms with Crippen LogP contribution in [0.4, 0.5) is 4.39 Å². The van der Waals surface area contributed by atoms with Gasteiger partial charge in [0, 0.05) is 12.3 Å². The molecule has 3 nitrogen and oxygen atoms in total. The molecule has 3 atom stereocenters. The molecule has 0 spiro atoms. The molecule has 0 bridgehead atoms. The van der Waals surface area contributed by atoms with Gasteiger partial charge in [-0.05, 0) is 35.4 Å². The molecule has 1 saturated carbocycles. The van der Waals surface area contributed by atoms with Gasteiger partial charge in [0.1, 0.15) is 5.82 Å². The minimum absolute atomic E-state index is 0.0554. The van der Waals surface area contributed by atoms with Crippen molar-refractivity contribution in [1.82, 2.24) is 5.32 Å². The second-order valence-electron chi connectivity index (χ2n) is 7.13. The third-order valence-corrected chi connectivity index (χ3v) is 4.25. The van der Waals surface area contributed by atoms with Gasteiger partial charge < -0.3 is 5.32 Å². The average molecular weight is 305 g/mol. The van der Waals surface area contributed by atoms with Crippen LogP contribution in [0.15, 0.2) is 24.3 Å². The van der Waals surface area contributed by atoms with Crippen LogP contribution in [-0.2, 0) is 9.59 Å². The Bertz CT molecular complexity index is 559. The average Bonchev–Trinajstić information content (AvgIpc) is 3.23. The van der Waals surface area contributed by atoms with Gasteiger partial charge in [-0.2, -0.15) is 0 Å². The summed E-state index contributed by atoms with van der Waals surface area (Å²) in [5.41, 5.74) is 0.680. The van der Waals surface area contributed by atoms with Crippen LogP contribution >= 0.6 is 0 Å². The molecule has 2 unspecified atom stereocenters. The molecule has 22 heavy (non-hydrogen) atoms. The third kappa shape index (κ3) is 3.73. The SMILES string of the molecule is CCC(=O)C(NC(=O)C1C[C@H]1c1ccc(F)cc1)C(C)(C)C. The highest BCUT2D eigenvalue weighted by Gasteiger charge is 2.45. The smallest absolute Gasteiger partial charge is 0.224 e. The second-order valence-corrected chi connectivity index (χ2v) is 7.13. The number of rotatable bonds is 5. The highest BCUT2D eigenvalue weighted by molar-refractivity contribution is 5.91. The van der Waals surface area contributed by atoms with E-state index in [1.165, 1.54) is 12.1 Å². The summed E-state index contributed by atoms with van der Waals surface area (Å²) in [6.45, 7) is 7.67. The Labute approximate surface area is 131 Å². The van der Waals surface area contributed by atoms with E-state index in [4.69, 9.17) is 0 Å². The normalized spacial score (nSPS) is 22.0. The van der Waals surface area contributed by atoms with Gasteiger partial charge in [-0.1, -0.05) is 39.8 Å². The zero-order valence-corrected chi connectivity index (χ0v) is 13.7. The number of carbonyl (C=O) groups is 2. The number of hydrogen-bond donors (Lipinski definition) is 1. The maximum atomic E-state index is 12.9. The summed E-state index contributed by atoms with van der Waals surface area (Å²) in [6.07, 6.45) is 1.17. The Morgan fingerprint density at radius 1 is 1.27 bits per heavy atom. The van der Waals surface area contributed by atoms with Crippen LogP contribution in [0.5, 0.6) is 0 Å². The summed E-state index contributed by atoms with van der Waals surface area (Å²) in [7, 11) is 0. The molecule has 0 aliphatic heterocycles. The molecule has 1 aliphatic rings. The predicted molar refractivity (Wildman–Crippen MR) is 83.9 cm³/mol. The van der Waals surface area contributed by atoms with Gasteiger partial charge in [0.2, 0.25) is 5.91 Å². The van der Waals surface area contributed by atoms with Crippen LogP contribution in [0.2, 0.25) is 0 Å². The first-order chi connectivity index (χ1) is 10.2. The van der Waals surface area contributed by atoms with Gasteiger partial charge in [0.05, 0.1) is 6.04 Å². The fraction of sp³-hybridized carbons (Fsp3) is 0.556. The molecule has 1 aromatic rings. The van der Waals surface area contributed by atoms with Crippen molar-refractivity contribution in [1.29, 1.82) is 0 Å². The third-order valence-electron chi connectivity index (χ3n) is 4.25. The Kier molecular flexibility index (Phi) is 4.69. The molecule has 0 saturated heterocycles. The first-order valence-electron chi connectivity index (χ1n) is 7.82. The molecule has 4 heteroatoms. The lowest BCUT2D eigenvalue weighted by molar-refractivity contribution is -0.130. The van der Waals surface area contributed by atoms with E-state index in [-0.39, 0.29) is 34.8 Å². The first-order valence-corrected chi connectivity index (χ1v) is 7.82. The van der Waals surface area contributed by atoms with E-state index in [1.54, 1.807) is 12.1 Å². The van der Waals surface area contributed by atoms with Crippen LogP contribution in [0, 0.1) is 17.2 Å². The number of halogens is 1. The number of ketones is 1. The first kappa shape index (κ1) is 16.7. The Morgan fingerprint density at radius 2 is 1.86 bits per heavy atom. The van der Waals surface area contributed by atoms with Crippen molar-refractivity contribution in [2.75, 3.05) is 0 Å². The zero-order valence-electron chi connectivity index (χ0n) is 13.7. The van der Waals surface area contributed by atoms with Crippen molar-refractivity contribution < 1.29 is 14.0 Å². The van der Waals surface area contributed by atoms with Gasteiger partial charge in [-0.25, -0.2) is 4.39 Å². The van der Waals surface area contributed by atoms with E-state index < -0.39 is 6.04 Å². The van der Waals surface area contributed by atoms with Gasteiger partial charge in [0.25, 0.3) is 0 Å². The molecule has 0 heterocycles. The summed E-state index contributed by atoms with van der Waals surface area (Å²) in [6, 6.07) is 5.83. The van der Waals surface area contributed by atoms with Crippen molar-refractivity contribution in [3.8, 4) is 0 Å². The minimum atomic E-state index is -0.459. The summed E-state index contributed by atoms with van der Waals surface area (Å²) in [5.74, 6) is -0.263. The van der Waals surface area contributed by atoms with E-state index in [1.807, 2.05) is 27.7 Å². The lowest BCUT2D eigenvalue weighted by Crippen LogP contribution is -2.49. The zero-order chi connectivity index (χ0) is 16.5. The van der Waals surface area contributed by atoms with E-state index in [2.05, 4.69) is 5.32 Å². The minimum Gasteiger partial charge on any atom is -0.346 e. The summed E-state index contributed by atoms with van der Waals surface area (Å²) < 4.78 is 12.9. The van der Waals surface area contributed by atoms with Crippen LogP contribution in [0.1, 0.15) is 52.0 Å². The van der Waals surface area contributed by atoms with E-state index in [0.29, 0.717) is 6.42 Å². The fourth-order valence-corrected chi connectivity index (χ4v) is 2.80. The van der Waals surface area contributed by atoms with Crippen LogP contribution < -0.4 is 5.32 Å². The van der Waals surface area contributed by atoms with Gasteiger partial charge in [-0.15, -0.1) is 0 Å². The monoisotopic (exact) mass is 305 g/mol. The Hall–Kier alpha value is -1.71. The number of amides is 1. The van der Waals surface area contributed by atoms with E-state index in [0.717, 1.165) is 12.0 Å². The van der Waals surface area contributed by atoms with Crippen molar-refractivity contribution in [2.45, 2.75) is 52.5 Å². The number of benzene rings is 1. The maximum absolute atomic E-state index is 12.9. The van der Waals surface area contributed by atoms with Crippen molar-refractivity contribution in [3.05, 3.63) is 35.6 Å². The predicted octanol–water partition coefficient (Wildman–Crippen LogP) is 3.44. The molecule has 1 aromatic carbocycles. The summed E-state index contributed by atoms with van der Waals surface area (Å²) >= 11 is 0. The molecule has 1 N–H and O–H groups in total. The largest absolute Gasteiger partial charge is 0.346 e. The summed E-state index contributed by atoms with van der Waals surface area (Å²) in [4.78, 5) is 24.5. The highest BCUT2D eigenvalue weighted by Crippen LogP contribution is 2.47. The van der Waals surface area contributed by atoms with Gasteiger partial charge in [0.15, 0.2) is 5.78 Å². The number of nitrogens with one attached hydrogen (secondary N) is 1. The molecule has 1 amide bonds. The Balaban J connectivity index is 2.01. The second kappa shape index (κ2) is 6.19. The lowest BCUT2D eigenvalue weighted by atomic mass is 9.83. The fourth-order valence-electron chi connectivity index (χ4n) is 2.80. The van der Waals surface area contributed by atoms with Gasteiger partial charge in [-0.3, -0.25) is 9.59 Å². The van der Waals surface area contributed by atoms with E-state index in [9.17, 15) is 14.0 Å². The molecule has 0 aromatic heterocycles.